The van der Waals surface area contributed by atoms with E-state index in [1.807, 2.05) is 18.2 Å². The minimum Gasteiger partial charge on any atom is -0.493 e. The highest BCUT2D eigenvalue weighted by Gasteiger charge is 2.27. The maximum atomic E-state index is 9.82. The number of hydrogen-bond acceptors (Lipinski definition) is 3. The lowest BCUT2D eigenvalue weighted by atomic mass is 9.92. The first-order valence-electron chi connectivity index (χ1n) is 6.85. The zero-order valence-corrected chi connectivity index (χ0v) is 11.2. The highest BCUT2D eigenvalue weighted by molar-refractivity contribution is 5.37. The second-order valence-electron chi connectivity index (χ2n) is 5.15. The van der Waals surface area contributed by atoms with Crippen molar-refractivity contribution >= 4 is 0 Å². The lowest BCUT2D eigenvalue weighted by Gasteiger charge is -2.32. The van der Waals surface area contributed by atoms with Crippen LogP contribution in [0.1, 0.15) is 38.3 Å². The third kappa shape index (κ3) is 3.03. The normalized spacial score (nSPS) is 24.2. The summed E-state index contributed by atoms with van der Waals surface area (Å²) in [6.07, 6.45) is 1.62. The molecule has 0 aromatic heterocycles. The van der Waals surface area contributed by atoms with Crippen molar-refractivity contribution in [1.29, 1.82) is 0 Å². The summed E-state index contributed by atoms with van der Waals surface area (Å²) in [6, 6.07) is 8.43. The SMILES string of the molecule is CCCC(O)CNC1c2ccccc2OCC1C. The maximum Gasteiger partial charge on any atom is 0.124 e. The van der Waals surface area contributed by atoms with Crippen LogP contribution >= 0.6 is 0 Å². The first kappa shape index (κ1) is 13.4. The second-order valence-corrected chi connectivity index (χ2v) is 5.15. The number of fused-ring (bicyclic) bond motifs is 1. The van der Waals surface area contributed by atoms with E-state index in [0.717, 1.165) is 25.2 Å². The van der Waals surface area contributed by atoms with Crippen molar-refractivity contribution in [2.75, 3.05) is 13.2 Å². The third-order valence-corrected chi connectivity index (χ3v) is 3.52. The molecule has 0 bridgehead atoms. The Morgan fingerprint density at radius 2 is 2.22 bits per heavy atom. The third-order valence-electron chi connectivity index (χ3n) is 3.52. The molecule has 1 aliphatic heterocycles. The van der Waals surface area contributed by atoms with Crippen LogP contribution in [0, 0.1) is 5.92 Å². The molecule has 0 radical (unpaired) electrons. The predicted octanol–water partition coefficient (Wildman–Crippen LogP) is 2.51. The quantitative estimate of drug-likeness (QED) is 0.842. The van der Waals surface area contributed by atoms with Gasteiger partial charge >= 0.3 is 0 Å². The van der Waals surface area contributed by atoms with Crippen LogP contribution in [-0.4, -0.2) is 24.4 Å². The number of benzene rings is 1. The minimum atomic E-state index is -0.253. The van der Waals surface area contributed by atoms with Gasteiger partial charge in [-0.05, 0) is 12.5 Å². The van der Waals surface area contributed by atoms with Crippen LogP contribution in [0.3, 0.4) is 0 Å². The Hall–Kier alpha value is -1.06. The van der Waals surface area contributed by atoms with E-state index in [-0.39, 0.29) is 12.1 Å². The van der Waals surface area contributed by atoms with E-state index < -0.39 is 0 Å². The Morgan fingerprint density at radius 3 is 3.00 bits per heavy atom. The Morgan fingerprint density at radius 1 is 1.44 bits per heavy atom. The average Bonchev–Trinajstić information content (AvgIpc) is 2.38. The molecule has 3 nitrogen and oxygen atoms in total. The first-order chi connectivity index (χ1) is 8.72. The summed E-state index contributed by atoms with van der Waals surface area (Å²) < 4.78 is 5.72. The van der Waals surface area contributed by atoms with Gasteiger partial charge in [0.15, 0.2) is 0 Å². The number of nitrogens with one attached hydrogen (secondary N) is 1. The Labute approximate surface area is 109 Å². The standard InChI is InChI=1S/C15H23NO2/c1-3-6-12(17)9-16-15-11(2)10-18-14-8-5-4-7-13(14)15/h4-5,7-8,11-12,15-17H,3,6,9-10H2,1-2H3. The van der Waals surface area contributed by atoms with Gasteiger partial charge in [-0.3, -0.25) is 0 Å². The number of rotatable bonds is 5. The molecular formula is C15H23NO2. The second kappa shape index (κ2) is 6.21. The molecule has 2 N–H and O–H groups in total. The van der Waals surface area contributed by atoms with Crippen molar-refractivity contribution in [1.82, 2.24) is 5.32 Å². The Bertz CT molecular complexity index is 381. The molecule has 1 aliphatic rings. The van der Waals surface area contributed by atoms with Gasteiger partial charge in [0.25, 0.3) is 0 Å². The van der Waals surface area contributed by atoms with Crippen molar-refractivity contribution in [3.05, 3.63) is 29.8 Å². The van der Waals surface area contributed by atoms with Crippen LogP contribution in [0.4, 0.5) is 0 Å². The highest BCUT2D eigenvalue weighted by Crippen LogP contribution is 2.34. The molecule has 0 amide bonds. The fourth-order valence-electron chi connectivity index (χ4n) is 2.50. The summed E-state index contributed by atoms with van der Waals surface area (Å²) in [5.74, 6) is 1.40. The number of aliphatic hydroxyl groups excluding tert-OH is 1. The maximum absolute atomic E-state index is 9.82. The highest BCUT2D eigenvalue weighted by atomic mass is 16.5. The lowest BCUT2D eigenvalue weighted by Crippen LogP contribution is -2.37. The molecule has 1 aromatic carbocycles. The van der Waals surface area contributed by atoms with Gasteiger partial charge in [0.1, 0.15) is 5.75 Å². The van der Waals surface area contributed by atoms with E-state index in [4.69, 9.17) is 4.74 Å². The summed E-state index contributed by atoms with van der Waals surface area (Å²) >= 11 is 0. The summed E-state index contributed by atoms with van der Waals surface area (Å²) in [5, 5.41) is 13.3. The molecule has 3 atom stereocenters. The van der Waals surface area contributed by atoms with Gasteiger partial charge in [0.2, 0.25) is 0 Å². The van der Waals surface area contributed by atoms with E-state index in [9.17, 15) is 5.11 Å². The van der Waals surface area contributed by atoms with E-state index in [2.05, 4.69) is 25.2 Å². The zero-order valence-electron chi connectivity index (χ0n) is 11.2. The molecule has 18 heavy (non-hydrogen) atoms. The summed E-state index contributed by atoms with van der Waals surface area (Å²) in [6.45, 7) is 5.66. The van der Waals surface area contributed by atoms with Gasteiger partial charge < -0.3 is 15.2 Å². The minimum absolute atomic E-state index is 0.253. The van der Waals surface area contributed by atoms with Gasteiger partial charge in [0, 0.05) is 24.1 Å². The molecule has 2 rings (SSSR count). The van der Waals surface area contributed by atoms with Crippen molar-refractivity contribution in [2.45, 2.75) is 38.8 Å². The largest absolute Gasteiger partial charge is 0.493 e. The number of ether oxygens (including phenoxy) is 1. The van der Waals surface area contributed by atoms with Crippen molar-refractivity contribution in [2.24, 2.45) is 5.92 Å². The topological polar surface area (TPSA) is 41.5 Å². The van der Waals surface area contributed by atoms with Gasteiger partial charge in [0.05, 0.1) is 12.7 Å². The molecule has 100 valence electrons. The van der Waals surface area contributed by atoms with E-state index in [0.29, 0.717) is 12.5 Å². The van der Waals surface area contributed by atoms with Gasteiger partial charge in [-0.25, -0.2) is 0 Å². The van der Waals surface area contributed by atoms with Crippen LogP contribution in [0.25, 0.3) is 0 Å². The molecule has 0 saturated heterocycles. The fourth-order valence-corrected chi connectivity index (χ4v) is 2.50. The molecule has 1 heterocycles. The molecule has 0 spiro atoms. The molecule has 1 aromatic rings. The van der Waals surface area contributed by atoms with E-state index in [1.165, 1.54) is 5.56 Å². The molecular weight excluding hydrogens is 226 g/mol. The molecule has 0 aliphatic carbocycles. The van der Waals surface area contributed by atoms with E-state index >= 15 is 0 Å². The zero-order chi connectivity index (χ0) is 13.0. The van der Waals surface area contributed by atoms with Crippen molar-refractivity contribution in [3.8, 4) is 5.75 Å². The molecule has 3 heteroatoms. The van der Waals surface area contributed by atoms with E-state index in [1.54, 1.807) is 0 Å². The monoisotopic (exact) mass is 249 g/mol. The smallest absolute Gasteiger partial charge is 0.124 e. The Balaban J connectivity index is 2.03. The van der Waals surface area contributed by atoms with Crippen LogP contribution in [0.15, 0.2) is 24.3 Å². The fraction of sp³-hybridized carbons (Fsp3) is 0.600. The van der Waals surface area contributed by atoms with Crippen LogP contribution in [-0.2, 0) is 0 Å². The number of aliphatic hydroxyl groups is 1. The van der Waals surface area contributed by atoms with Gasteiger partial charge in [-0.2, -0.15) is 0 Å². The van der Waals surface area contributed by atoms with Crippen LogP contribution in [0.2, 0.25) is 0 Å². The number of hydrogen-bond donors (Lipinski definition) is 2. The number of para-hydroxylation sites is 1. The van der Waals surface area contributed by atoms with Crippen LogP contribution in [0.5, 0.6) is 5.75 Å². The van der Waals surface area contributed by atoms with Crippen molar-refractivity contribution < 1.29 is 9.84 Å². The first-order valence-corrected chi connectivity index (χ1v) is 6.85. The summed E-state index contributed by atoms with van der Waals surface area (Å²) in [5.41, 5.74) is 1.21. The molecule has 0 fully saturated rings. The average molecular weight is 249 g/mol. The van der Waals surface area contributed by atoms with Gasteiger partial charge in [-0.15, -0.1) is 0 Å². The summed E-state index contributed by atoms with van der Waals surface area (Å²) in [4.78, 5) is 0. The summed E-state index contributed by atoms with van der Waals surface area (Å²) in [7, 11) is 0. The van der Waals surface area contributed by atoms with Gasteiger partial charge in [-0.1, -0.05) is 38.5 Å². The Kier molecular flexibility index (Phi) is 4.61. The lowest BCUT2D eigenvalue weighted by molar-refractivity contribution is 0.137. The molecule has 0 saturated carbocycles. The van der Waals surface area contributed by atoms with Crippen LogP contribution < -0.4 is 10.1 Å². The van der Waals surface area contributed by atoms with Crippen molar-refractivity contribution in [3.63, 3.8) is 0 Å². The molecule has 3 unspecified atom stereocenters. The predicted molar refractivity (Wildman–Crippen MR) is 72.8 cm³/mol.